The van der Waals surface area contributed by atoms with Crippen LogP contribution in [0.25, 0.3) is 0 Å². The van der Waals surface area contributed by atoms with E-state index in [0.29, 0.717) is 22.9 Å². The maximum absolute atomic E-state index is 9.65. The molecule has 5 N–H and O–H groups in total. The molecule has 112 valence electrons. The number of hydrogen-bond acceptors (Lipinski definition) is 6. The molecule has 1 aliphatic rings. The average Bonchev–Trinajstić information content (AvgIpc) is 2.46. The Hall–Kier alpha value is -2.94. The largest absolute Gasteiger partial charge is 0.508 e. The van der Waals surface area contributed by atoms with Gasteiger partial charge in [0.15, 0.2) is 0 Å². The van der Waals surface area contributed by atoms with Crippen molar-refractivity contribution in [3.63, 3.8) is 0 Å². The molecule has 1 atom stereocenters. The molecule has 0 amide bonds. The molecule has 0 radical (unpaired) electrons. The second-order valence-corrected chi connectivity index (χ2v) is 5.28. The lowest BCUT2D eigenvalue weighted by Crippen LogP contribution is -2.16. The van der Waals surface area contributed by atoms with Crippen LogP contribution in [0.3, 0.4) is 0 Å². The number of anilines is 2. The van der Waals surface area contributed by atoms with Crippen molar-refractivity contribution in [3.8, 4) is 23.4 Å². The third-order valence-corrected chi connectivity index (χ3v) is 3.88. The topological polar surface area (TPSA) is 118 Å². The molecular weight excluding hydrogens is 280 g/mol. The van der Waals surface area contributed by atoms with Gasteiger partial charge in [0.2, 0.25) is 5.88 Å². The van der Waals surface area contributed by atoms with Gasteiger partial charge in [-0.05, 0) is 12.5 Å². The van der Waals surface area contributed by atoms with Gasteiger partial charge in [0.05, 0.1) is 5.69 Å². The predicted molar refractivity (Wildman–Crippen MR) is 82.7 cm³/mol. The predicted octanol–water partition coefficient (Wildman–Crippen LogP) is 2.86. The molecular formula is C16H16N4O2. The molecule has 6 nitrogen and oxygen atoms in total. The lowest BCUT2D eigenvalue weighted by molar-refractivity contribution is 0.415. The first-order valence-electron chi connectivity index (χ1n) is 7.06. The number of nitrogens with zero attached hydrogens (tertiary/aromatic N) is 2. The zero-order valence-corrected chi connectivity index (χ0v) is 12.1. The first kappa shape index (κ1) is 14.0. The number of pyridine rings is 1. The first-order chi connectivity index (χ1) is 10.6. The van der Waals surface area contributed by atoms with Crippen LogP contribution in [-0.2, 0) is 0 Å². The van der Waals surface area contributed by atoms with Crippen molar-refractivity contribution in [2.75, 3.05) is 11.5 Å². The van der Waals surface area contributed by atoms with Crippen LogP contribution in [0.4, 0.5) is 11.5 Å². The van der Waals surface area contributed by atoms with E-state index in [4.69, 9.17) is 16.2 Å². The number of phenolic OH excluding ortho intramolecular Hbond substituents is 1. The number of hydrogen-bond donors (Lipinski definition) is 3. The van der Waals surface area contributed by atoms with E-state index >= 15 is 0 Å². The molecule has 0 saturated carbocycles. The summed E-state index contributed by atoms with van der Waals surface area (Å²) >= 11 is 0. The Morgan fingerprint density at radius 1 is 1.41 bits per heavy atom. The Labute approximate surface area is 128 Å². The molecule has 2 heterocycles. The van der Waals surface area contributed by atoms with Crippen molar-refractivity contribution < 1.29 is 9.84 Å². The van der Waals surface area contributed by atoms with Gasteiger partial charge in [-0.25, -0.2) is 0 Å². The van der Waals surface area contributed by atoms with E-state index in [1.807, 2.05) is 12.1 Å². The number of fused-ring (bicyclic) bond motifs is 2. The van der Waals surface area contributed by atoms with Crippen molar-refractivity contribution in [3.05, 3.63) is 34.9 Å². The number of phenols is 1. The zero-order valence-electron chi connectivity index (χ0n) is 12.1. The van der Waals surface area contributed by atoms with Crippen molar-refractivity contribution in [1.82, 2.24) is 4.98 Å². The Morgan fingerprint density at radius 3 is 2.86 bits per heavy atom. The van der Waals surface area contributed by atoms with Crippen LogP contribution in [0, 0.1) is 11.3 Å². The second kappa shape index (κ2) is 5.11. The van der Waals surface area contributed by atoms with Gasteiger partial charge in [-0.2, -0.15) is 10.2 Å². The first-order valence-corrected chi connectivity index (χ1v) is 7.06. The summed E-state index contributed by atoms with van der Waals surface area (Å²) in [6, 6.07) is 6.98. The maximum Gasteiger partial charge on any atom is 0.227 e. The smallest absolute Gasteiger partial charge is 0.227 e. The van der Waals surface area contributed by atoms with Crippen LogP contribution in [-0.4, -0.2) is 10.1 Å². The molecule has 0 saturated heterocycles. The number of aromatic hydroxyl groups is 1. The lowest BCUT2D eigenvalue weighted by Gasteiger charge is -2.29. The standard InChI is InChI=1S/C16H16N4O2/c1-2-3-10-9-5-4-8(21)6-12(9)22-16-13(10)14(18)11(7-17)15(19)20-16/h4-6,10,21H,2-3H2,1H3,(H4,18,19,20)/t10-/m0/s1. The summed E-state index contributed by atoms with van der Waals surface area (Å²) in [4.78, 5) is 4.18. The van der Waals surface area contributed by atoms with Gasteiger partial charge in [0.25, 0.3) is 0 Å². The van der Waals surface area contributed by atoms with Gasteiger partial charge in [0, 0.05) is 23.1 Å². The molecule has 1 aliphatic heterocycles. The van der Waals surface area contributed by atoms with Crippen LogP contribution in [0.5, 0.6) is 17.4 Å². The molecule has 0 unspecified atom stereocenters. The molecule has 2 aromatic rings. The monoisotopic (exact) mass is 296 g/mol. The number of benzene rings is 1. The van der Waals surface area contributed by atoms with E-state index in [9.17, 15) is 10.4 Å². The highest BCUT2D eigenvalue weighted by Gasteiger charge is 2.32. The summed E-state index contributed by atoms with van der Waals surface area (Å²) in [6.45, 7) is 2.07. The van der Waals surface area contributed by atoms with E-state index in [1.54, 1.807) is 12.1 Å². The lowest BCUT2D eigenvalue weighted by atomic mass is 9.84. The highest BCUT2D eigenvalue weighted by Crippen LogP contribution is 2.49. The molecule has 6 heteroatoms. The summed E-state index contributed by atoms with van der Waals surface area (Å²) < 4.78 is 5.76. The number of nitriles is 1. The normalized spacial score (nSPS) is 15.4. The third-order valence-electron chi connectivity index (χ3n) is 3.88. The quantitative estimate of drug-likeness (QED) is 0.784. The minimum Gasteiger partial charge on any atom is -0.508 e. The van der Waals surface area contributed by atoms with Crippen LogP contribution in [0.15, 0.2) is 18.2 Å². The van der Waals surface area contributed by atoms with Gasteiger partial charge < -0.3 is 21.3 Å². The number of nitrogen functional groups attached to an aromatic ring is 2. The van der Waals surface area contributed by atoms with Gasteiger partial charge in [-0.15, -0.1) is 0 Å². The second-order valence-electron chi connectivity index (χ2n) is 5.28. The van der Waals surface area contributed by atoms with Crippen LogP contribution < -0.4 is 16.2 Å². The zero-order chi connectivity index (χ0) is 15.9. The number of aromatic nitrogens is 1. The van der Waals surface area contributed by atoms with E-state index in [-0.39, 0.29) is 23.0 Å². The Bertz CT molecular complexity index is 796. The molecule has 0 fully saturated rings. The van der Waals surface area contributed by atoms with Gasteiger partial charge in [-0.1, -0.05) is 19.4 Å². The number of rotatable bonds is 2. The summed E-state index contributed by atoms with van der Waals surface area (Å²) in [5.41, 5.74) is 14.1. The highest BCUT2D eigenvalue weighted by atomic mass is 16.5. The van der Waals surface area contributed by atoms with Gasteiger partial charge in [0.1, 0.15) is 28.9 Å². The summed E-state index contributed by atoms with van der Waals surface area (Å²) in [6.07, 6.45) is 1.75. The summed E-state index contributed by atoms with van der Waals surface area (Å²) in [5.74, 6) is 0.988. The SMILES string of the molecule is CCC[C@H]1c2ccc(O)cc2Oc2nc(N)c(C#N)c(N)c21. The maximum atomic E-state index is 9.65. The molecule has 1 aromatic heterocycles. The van der Waals surface area contributed by atoms with E-state index < -0.39 is 0 Å². The minimum atomic E-state index is -0.0375. The average molecular weight is 296 g/mol. The fourth-order valence-electron chi connectivity index (χ4n) is 2.89. The molecule has 0 bridgehead atoms. The fourth-order valence-corrected chi connectivity index (χ4v) is 2.89. The van der Waals surface area contributed by atoms with Gasteiger partial charge >= 0.3 is 0 Å². The van der Waals surface area contributed by atoms with Crippen LogP contribution >= 0.6 is 0 Å². The van der Waals surface area contributed by atoms with Crippen molar-refractivity contribution in [1.29, 1.82) is 5.26 Å². The summed E-state index contributed by atoms with van der Waals surface area (Å²) in [7, 11) is 0. The van der Waals surface area contributed by atoms with Crippen LogP contribution in [0.2, 0.25) is 0 Å². The van der Waals surface area contributed by atoms with E-state index in [0.717, 1.165) is 18.4 Å². The molecule has 0 aliphatic carbocycles. The van der Waals surface area contributed by atoms with Crippen molar-refractivity contribution >= 4 is 11.5 Å². The molecule has 0 spiro atoms. The minimum absolute atomic E-state index is 0.0375. The third kappa shape index (κ3) is 1.99. The van der Waals surface area contributed by atoms with E-state index in [1.165, 1.54) is 0 Å². The van der Waals surface area contributed by atoms with E-state index in [2.05, 4.69) is 11.9 Å². The molecule has 22 heavy (non-hydrogen) atoms. The number of ether oxygens (including phenoxy) is 1. The van der Waals surface area contributed by atoms with Crippen LogP contribution in [0.1, 0.15) is 42.4 Å². The fraction of sp³-hybridized carbons (Fsp3) is 0.250. The Kier molecular flexibility index (Phi) is 3.26. The molecule has 3 rings (SSSR count). The van der Waals surface area contributed by atoms with Crippen molar-refractivity contribution in [2.24, 2.45) is 0 Å². The van der Waals surface area contributed by atoms with Crippen molar-refractivity contribution in [2.45, 2.75) is 25.7 Å². The number of nitrogens with two attached hydrogens (primary N) is 2. The van der Waals surface area contributed by atoms with Gasteiger partial charge in [-0.3, -0.25) is 0 Å². The summed E-state index contributed by atoms with van der Waals surface area (Å²) in [5, 5.41) is 18.9. The Balaban J connectivity index is 2.26. The highest BCUT2D eigenvalue weighted by molar-refractivity contribution is 5.73. The molecule has 1 aromatic carbocycles. The Morgan fingerprint density at radius 2 is 2.18 bits per heavy atom.